The zero-order chi connectivity index (χ0) is 11.7. The maximum Gasteiger partial charge on any atom is 0.323 e. The highest BCUT2D eigenvalue weighted by Gasteiger charge is 2.08. The highest BCUT2D eigenvalue weighted by atomic mass is 79.9. The lowest BCUT2D eigenvalue weighted by molar-refractivity contribution is -0.137. The van der Waals surface area contributed by atoms with Crippen molar-refractivity contribution in [2.45, 2.75) is 6.54 Å². The molecule has 82 valence electrons. The van der Waals surface area contributed by atoms with Crippen LogP contribution in [0.25, 0.3) is 10.9 Å². The average molecular weight is 282 g/mol. The fourth-order valence-electron chi connectivity index (χ4n) is 1.61. The first kappa shape index (κ1) is 10.9. The molecule has 4 nitrogen and oxygen atoms in total. The zero-order valence-electron chi connectivity index (χ0n) is 8.18. The predicted molar refractivity (Wildman–Crippen MR) is 63.5 cm³/mol. The smallest absolute Gasteiger partial charge is 0.323 e. The number of rotatable bonds is 2. The van der Waals surface area contributed by atoms with Gasteiger partial charge in [-0.15, -0.1) is 0 Å². The number of hydrogen-bond acceptors (Lipinski definition) is 2. The van der Waals surface area contributed by atoms with Crippen molar-refractivity contribution < 1.29 is 9.90 Å². The third-order valence-corrected chi connectivity index (χ3v) is 2.89. The number of carbonyl (C=O) groups is 1. The van der Waals surface area contributed by atoms with Crippen molar-refractivity contribution in [2.24, 2.45) is 0 Å². The van der Waals surface area contributed by atoms with E-state index in [1.54, 1.807) is 18.2 Å². The molecule has 5 heteroatoms. The zero-order valence-corrected chi connectivity index (χ0v) is 9.77. The Kier molecular flexibility index (Phi) is 2.78. The number of pyridine rings is 1. The third kappa shape index (κ3) is 1.86. The van der Waals surface area contributed by atoms with Crippen molar-refractivity contribution in [1.29, 1.82) is 0 Å². The Balaban J connectivity index is 2.81. The van der Waals surface area contributed by atoms with Crippen LogP contribution in [0.15, 0.2) is 39.7 Å². The second kappa shape index (κ2) is 4.09. The molecule has 0 spiro atoms. The molecule has 0 unspecified atom stereocenters. The van der Waals surface area contributed by atoms with Gasteiger partial charge < -0.3 is 9.67 Å². The molecule has 0 aliphatic carbocycles. The minimum atomic E-state index is -0.944. The quantitative estimate of drug-likeness (QED) is 0.914. The lowest BCUT2D eigenvalue weighted by Crippen LogP contribution is -2.13. The highest BCUT2D eigenvalue weighted by molar-refractivity contribution is 9.10. The number of carboxylic acid groups (broad SMARTS) is 1. The van der Waals surface area contributed by atoms with Crippen molar-refractivity contribution in [3.63, 3.8) is 0 Å². The molecule has 0 saturated carbocycles. The van der Waals surface area contributed by atoms with E-state index >= 15 is 0 Å². The monoisotopic (exact) mass is 281 g/mol. The summed E-state index contributed by atoms with van der Waals surface area (Å²) < 4.78 is 2.24. The number of aliphatic carboxylic acids is 1. The van der Waals surface area contributed by atoms with Gasteiger partial charge in [0.25, 0.3) is 0 Å². The van der Waals surface area contributed by atoms with Gasteiger partial charge in [-0.3, -0.25) is 9.59 Å². The normalized spacial score (nSPS) is 10.6. The molecule has 1 heterocycles. The summed E-state index contributed by atoms with van der Waals surface area (Å²) in [5, 5.41) is 9.28. The van der Waals surface area contributed by atoms with E-state index in [0.29, 0.717) is 15.4 Å². The summed E-state index contributed by atoms with van der Waals surface area (Å²) in [5.41, 5.74) is 0.496. The van der Waals surface area contributed by atoms with Gasteiger partial charge in [-0.05, 0) is 28.1 Å². The molecule has 0 saturated heterocycles. The van der Waals surface area contributed by atoms with Crippen molar-refractivity contribution in [1.82, 2.24) is 4.57 Å². The van der Waals surface area contributed by atoms with Gasteiger partial charge in [0, 0.05) is 22.1 Å². The summed E-state index contributed by atoms with van der Waals surface area (Å²) in [6.07, 6.45) is 1.49. The SMILES string of the molecule is O=C(O)Cn1ccc(=O)c2cccc(Br)c21. The molecule has 0 bridgehead atoms. The molecule has 0 atom stereocenters. The average Bonchev–Trinajstić information content (AvgIpc) is 2.22. The van der Waals surface area contributed by atoms with E-state index < -0.39 is 5.97 Å². The van der Waals surface area contributed by atoms with Gasteiger partial charge in [-0.25, -0.2) is 0 Å². The molecule has 2 rings (SSSR count). The number of para-hydroxylation sites is 1. The Hall–Kier alpha value is -1.62. The minimum Gasteiger partial charge on any atom is -0.480 e. The first-order valence-electron chi connectivity index (χ1n) is 4.59. The van der Waals surface area contributed by atoms with E-state index in [4.69, 9.17) is 5.11 Å². The summed E-state index contributed by atoms with van der Waals surface area (Å²) in [4.78, 5) is 22.3. The van der Waals surface area contributed by atoms with E-state index in [0.717, 1.165) is 0 Å². The predicted octanol–water partition coefficient (Wildman–Crippen LogP) is 1.85. The van der Waals surface area contributed by atoms with Crippen molar-refractivity contribution in [2.75, 3.05) is 0 Å². The fraction of sp³-hybridized carbons (Fsp3) is 0.0909. The molecule has 1 aromatic heterocycles. The first-order chi connectivity index (χ1) is 7.59. The standard InChI is InChI=1S/C11H8BrNO3/c12-8-3-1-2-7-9(14)4-5-13(11(7)8)6-10(15)16/h1-5H,6H2,(H,15,16). The van der Waals surface area contributed by atoms with Crippen LogP contribution in [0.1, 0.15) is 0 Å². The largest absolute Gasteiger partial charge is 0.480 e. The van der Waals surface area contributed by atoms with Crippen LogP contribution >= 0.6 is 15.9 Å². The van der Waals surface area contributed by atoms with Crippen LogP contribution in [-0.4, -0.2) is 15.6 Å². The number of carboxylic acids is 1. The van der Waals surface area contributed by atoms with E-state index in [1.165, 1.54) is 16.8 Å². The summed E-state index contributed by atoms with van der Waals surface area (Å²) in [5.74, 6) is -0.944. The molecule has 0 aliphatic rings. The molecular weight excluding hydrogens is 274 g/mol. The van der Waals surface area contributed by atoms with Crippen LogP contribution < -0.4 is 5.43 Å². The van der Waals surface area contributed by atoms with Crippen molar-refractivity contribution in [3.8, 4) is 0 Å². The molecule has 0 aliphatic heterocycles. The molecule has 16 heavy (non-hydrogen) atoms. The van der Waals surface area contributed by atoms with Gasteiger partial charge in [0.1, 0.15) is 6.54 Å². The van der Waals surface area contributed by atoms with Gasteiger partial charge in [-0.2, -0.15) is 0 Å². The van der Waals surface area contributed by atoms with Crippen LogP contribution in [0.2, 0.25) is 0 Å². The van der Waals surface area contributed by atoms with Crippen LogP contribution in [0.3, 0.4) is 0 Å². The second-order valence-electron chi connectivity index (χ2n) is 3.34. The molecule has 0 radical (unpaired) electrons. The summed E-state index contributed by atoms with van der Waals surface area (Å²) in [7, 11) is 0. The molecule has 0 fully saturated rings. The number of fused-ring (bicyclic) bond motifs is 1. The Morgan fingerprint density at radius 3 is 2.81 bits per heavy atom. The van der Waals surface area contributed by atoms with Crippen LogP contribution in [0, 0.1) is 0 Å². The Bertz CT molecular complexity index is 618. The second-order valence-corrected chi connectivity index (χ2v) is 4.19. The van der Waals surface area contributed by atoms with Gasteiger partial charge >= 0.3 is 5.97 Å². The van der Waals surface area contributed by atoms with E-state index in [-0.39, 0.29) is 12.0 Å². The number of nitrogens with zero attached hydrogens (tertiary/aromatic N) is 1. The molecule has 1 N–H and O–H groups in total. The van der Waals surface area contributed by atoms with Crippen molar-refractivity contribution in [3.05, 3.63) is 45.2 Å². The highest BCUT2D eigenvalue weighted by Crippen LogP contribution is 2.21. The fourth-order valence-corrected chi connectivity index (χ4v) is 2.20. The third-order valence-electron chi connectivity index (χ3n) is 2.25. The lowest BCUT2D eigenvalue weighted by Gasteiger charge is -2.09. The summed E-state index contributed by atoms with van der Waals surface area (Å²) in [6.45, 7) is -0.167. The Morgan fingerprint density at radius 2 is 2.12 bits per heavy atom. The van der Waals surface area contributed by atoms with E-state index in [9.17, 15) is 9.59 Å². The van der Waals surface area contributed by atoms with Crippen LogP contribution in [-0.2, 0) is 11.3 Å². The number of hydrogen-bond donors (Lipinski definition) is 1. The minimum absolute atomic E-state index is 0.113. The maximum atomic E-state index is 11.6. The van der Waals surface area contributed by atoms with E-state index in [2.05, 4.69) is 15.9 Å². The van der Waals surface area contributed by atoms with Gasteiger partial charge in [0.2, 0.25) is 0 Å². The van der Waals surface area contributed by atoms with E-state index in [1.807, 2.05) is 0 Å². The Labute approximate surface area is 99.3 Å². The topological polar surface area (TPSA) is 59.3 Å². The maximum absolute atomic E-state index is 11.6. The van der Waals surface area contributed by atoms with Crippen LogP contribution in [0.4, 0.5) is 0 Å². The number of halogens is 1. The van der Waals surface area contributed by atoms with Crippen molar-refractivity contribution >= 4 is 32.8 Å². The summed E-state index contributed by atoms with van der Waals surface area (Å²) in [6, 6.07) is 6.58. The molecular formula is C11H8BrNO3. The van der Waals surface area contributed by atoms with Gasteiger partial charge in [0.05, 0.1) is 5.52 Å². The number of benzene rings is 1. The molecule has 2 aromatic rings. The Morgan fingerprint density at radius 1 is 1.38 bits per heavy atom. The van der Waals surface area contributed by atoms with Crippen LogP contribution in [0.5, 0.6) is 0 Å². The van der Waals surface area contributed by atoms with Gasteiger partial charge in [0.15, 0.2) is 5.43 Å². The van der Waals surface area contributed by atoms with Gasteiger partial charge in [-0.1, -0.05) is 6.07 Å². The summed E-state index contributed by atoms with van der Waals surface area (Å²) >= 11 is 3.32. The first-order valence-corrected chi connectivity index (χ1v) is 5.38. The lowest BCUT2D eigenvalue weighted by atomic mass is 10.2. The molecule has 1 aromatic carbocycles. The number of aromatic nitrogens is 1. The molecule has 0 amide bonds.